The van der Waals surface area contributed by atoms with Crippen LogP contribution in [-0.4, -0.2) is 29.8 Å². The molecular formula is C16H29NO4. The third-order valence-corrected chi connectivity index (χ3v) is 3.42. The molecule has 0 aromatic carbocycles. The van der Waals surface area contributed by atoms with Crippen LogP contribution in [0, 0.1) is 0 Å². The first-order chi connectivity index (χ1) is 9.78. The molecule has 1 aliphatic rings. The highest BCUT2D eigenvalue weighted by atomic mass is 16.6. The molecule has 0 bridgehead atoms. The van der Waals surface area contributed by atoms with Gasteiger partial charge in [-0.25, -0.2) is 9.59 Å². The van der Waals surface area contributed by atoms with Crippen LogP contribution in [0.25, 0.3) is 0 Å². The predicted octanol–water partition coefficient (Wildman–Crippen LogP) is 3.56. The Labute approximate surface area is 127 Å². The standard InChI is InChI=1S/C16H29NO4/c1-12(17-15(19)21-16(2,3)4)14(18)20-13-10-8-6-5-7-9-11-13/h12-13H,5-11H2,1-4H3,(H,17,19). The lowest BCUT2D eigenvalue weighted by Crippen LogP contribution is -2.43. The van der Waals surface area contributed by atoms with E-state index in [-0.39, 0.29) is 12.1 Å². The van der Waals surface area contributed by atoms with Crippen molar-refractivity contribution in [1.29, 1.82) is 0 Å². The molecule has 1 unspecified atom stereocenters. The molecule has 1 atom stereocenters. The molecule has 1 aliphatic carbocycles. The second-order valence-corrected chi connectivity index (χ2v) is 6.77. The lowest BCUT2D eigenvalue weighted by molar-refractivity contribution is -0.152. The van der Waals surface area contributed by atoms with Crippen molar-refractivity contribution in [3.63, 3.8) is 0 Å². The summed E-state index contributed by atoms with van der Waals surface area (Å²) in [5, 5.41) is 2.52. The average Bonchev–Trinajstić information content (AvgIpc) is 2.29. The van der Waals surface area contributed by atoms with Crippen LogP contribution in [-0.2, 0) is 14.3 Å². The Balaban J connectivity index is 2.37. The van der Waals surface area contributed by atoms with Crippen molar-refractivity contribution in [2.75, 3.05) is 0 Å². The normalized spacial score (nSPS) is 19.0. The lowest BCUT2D eigenvalue weighted by Gasteiger charge is -2.24. The molecule has 1 amide bonds. The molecule has 0 spiro atoms. The van der Waals surface area contributed by atoms with Gasteiger partial charge in [-0.05, 0) is 53.4 Å². The van der Waals surface area contributed by atoms with Gasteiger partial charge in [0, 0.05) is 0 Å². The molecule has 1 fully saturated rings. The first kappa shape index (κ1) is 17.8. The Morgan fingerprint density at radius 1 is 1.05 bits per heavy atom. The van der Waals surface area contributed by atoms with E-state index in [9.17, 15) is 9.59 Å². The highest BCUT2D eigenvalue weighted by Gasteiger charge is 2.24. The van der Waals surface area contributed by atoms with Gasteiger partial charge in [-0.1, -0.05) is 19.3 Å². The summed E-state index contributed by atoms with van der Waals surface area (Å²) in [5.41, 5.74) is -0.576. The summed E-state index contributed by atoms with van der Waals surface area (Å²) in [6.45, 7) is 6.97. The van der Waals surface area contributed by atoms with Crippen LogP contribution in [0.5, 0.6) is 0 Å². The molecule has 0 heterocycles. The van der Waals surface area contributed by atoms with E-state index < -0.39 is 17.7 Å². The molecule has 0 aliphatic heterocycles. The number of nitrogens with one attached hydrogen (secondary N) is 1. The van der Waals surface area contributed by atoms with E-state index in [1.165, 1.54) is 19.3 Å². The molecule has 21 heavy (non-hydrogen) atoms. The van der Waals surface area contributed by atoms with Crippen molar-refractivity contribution in [3.8, 4) is 0 Å². The Kier molecular flexibility index (Phi) is 6.99. The van der Waals surface area contributed by atoms with Gasteiger partial charge >= 0.3 is 12.1 Å². The molecule has 1 N–H and O–H groups in total. The van der Waals surface area contributed by atoms with Crippen molar-refractivity contribution in [1.82, 2.24) is 5.32 Å². The van der Waals surface area contributed by atoms with Crippen molar-refractivity contribution < 1.29 is 19.1 Å². The van der Waals surface area contributed by atoms with Crippen LogP contribution in [0.2, 0.25) is 0 Å². The third-order valence-electron chi connectivity index (χ3n) is 3.42. The van der Waals surface area contributed by atoms with Gasteiger partial charge in [0.1, 0.15) is 17.7 Å². The van der Waals surface area contributed by atoms with Gasteiger partial charge in [-0.3, -0.25) is 0 Å². The monoisotopic (exact) mass is 299 g/mol. The molecule has 0 aromatic rings. The molecule has 0 saturated heterocycles. The fourth-order valence-corrected chi connectivity index (χ4v) is 2.35. The minimum absolute atomic E-state index is 0.0133. The zero-order valence-electron chi connectivity index (χ0n) is 13.7. The number of carbonyl (C=O) groups excluding carboxylic acids is 2. The fourth-order valence-electron chi connectivity index (χ4n) is 2.35. The zero-order valence-corrected chi connectivity index (χ0v) is 13.7. The fraction of sp³-hybridized carbons (Fsp3) is 0.875. The van der Waals surface area contributed by atoms with Gasteiger partial charge in [-0.15, -0.1) is 0 Å². The zero-order chi connectivity index (χ0) is 15.9. The summed E-state index contributed by atoms with van der Waals surface area (Å²) >= 11 is 0. The van der Waals surface area contributed by atoms with Gasteiger partial charge in [0.2, 0.25) is 0 Å². The van der Waals surface area contributed by atoms with Crippen LogP contribution in [0.4, 0.5) is 4.79 Å². The minimum atomic E-state index is -0.690. The third kappa shape index (κ3) is 7.93. The van der Waals surface area contributed by atoms with Crippen molar-refractivity contribution in [2.24, 2.45) is 0 Å². The predicted molar refractivity (Wildman–Crippen MR) is 81.0 cm³/mol. The van der Waals surface area contributed by atoms with Crippen molar-refractivity contribution in [2.45, 2.75) is 90.4 Å². The number of amides is 1. The van der Waals surface area contributed by atoms with Crippen LogP contribution >= 0.6 is 0 Å². The number of ether oxygens (including phenoxy) is 2. The molecule has 1 saturated carbocycles. The second-order valence-electron chi connectivity index (χ2n) is 6.77. The van der Waals surface area contributed by atoms with E-state index in [2.05, 4.69) is 5.32 Å². The smallest absolute Gasteiger partial charge is 0.408 e. The summed E-state index contributed by atoms with van der Waals surface area (Å²) in [6.07, 6.45) is 7.13. The van der Waals surface area contributed by atoms with E-state index >= 15 is 0 Å². The highest BCUT2D eigenvalue weighted by Crippen LogP contribution is 2.19. The summed E-state index contributed by atoms with van der Waals surface area (Å²) in [4.78, 5) is 23.6. The number of esters is 1. The first-order valence-corrected chi connectivity index (χ1v) is 7.98. The Morgan fingerprint density at radius 2 is 1.57 bits per heavy atom. The summed E-state index contributed by atoms with van der Waals surface area (Å²) in [6, 6.07) is -0.690. The van der Waals surface area contributed by atoms with Crippen LogP contribution < -0.4 is 5.32 Å². The molecule has 5 heteroatoms. The number of alkyl carbamates (subject to hydrolysis) is 1. The molecule has 0 radical (unpaired) electrons. The maximum Gasteiger partial charge on any atom is 0.408 e. The van der Waals surface area contributed by atoms with E-state index in [1.54, 1.807) is 27.7 Å². The number of carbonyl (C=O) groups is 2. The first-order valence-electron chi connectivity index (χ1n) is 7.98. The van der Waals surface area contributed by atoms with E-state index in [4.69, 9.17) is 9.47 Å². The van der Waals surface area contributed by atoms with Crippen LogP contribution in [0.1, 0.15) is 72.6 Å². The van der Waals surface area contributed by atoms with E-state index in [1.807, 2.05) is 0 Å². The van der Waals surface area contributed by atoms with Crippen LogP contribution in [0.3, 0.4) is 0 Å². The van der Waals surface area contributed by atoms with Crippen molar-refractivity contribution in [3.05, 3.63) is 0 Å². The van der Waals surface area contributed by atoms with Gasteiger partial charge in [0.25, 0.3) is 0 Å². The quantitative estimate of drug-likeness (QED) is 0.809. The summed E-state index contributed by atoms with van der Waals surface area (Å²) in [7, 11) is 0. The molecular weight excluding hydrogens is 270 g/mol. The molecule has 5 nitrogen and oxygen atoms in total. The van der Waals surface area contributed by atoms with Gasteiger partial charge < -0.3 is 14.8 Å². The summed E-state index contributed by atoms with van der Waals surface area (Å²) < 4.78 is 10.6. The number of hydrogen-bond donors (Lipinski definition) is 1. The van der Waals surface area contributed by atoms with Gasteiger partial charge in [-0.2, -0.15) is 0 Å². The molecule has 0 aromatic heterocycles. The second kappa shape index (κ2) is 8.25. The molecule has 1 rings (SSSR count). The SMILES string of the molecule is CC(NC(=O)OC(C)(C)C)C(=O)OC1CCCCCCC1. The average molecular weight is 299 g/mol. The Hall–Kier alpha value is -1.26. The largest absolute Gasteiger partial charge is 0.461 e. The topological polar surface area (TPSA) is 64.6 Å². The van der Waals surface area contributed by atoms with Crippen molar-refractivity contribution >= 4 is 12.1 Å². The number of hydrogen-bond acceptors (Lipinski definition) is 4. The summed E-state index contributed by atoms with van der Waals surface area (Å²) in [5.74, 6) is -0.383. The maximum atomic E-state index is 12.0. The minimum Gasteiger partial charge on any atom is -0.461 e. The van der Waals surface area contributed by atoms with Gasteiger partial charge in [0.15, 0.2) is 0 Å². The molecule has 122 valence electrons. The highest BCUT2D eigenvalue weighted by molar-refractivity contribution is 5.81. The Morgan fingerprint density at radius 3 is 2.10 bits per heavy atom. The maximum absolute atomic E-state index is 12.0. The van der Waals surface area contributed by atoms with Gasteiger partial charge in [0.05, 0.1) is 0 Å². The lowest BCUT2D eigenvalue weighted by atomic mass is 9.98. The Bertz CT molecular complexity index is 341. The van der Waals surface area contributed by atoms with Crippen LogP contribution in [0.15, 0.2) is 0 Å². The number of rotatable bonds is 3. The van der Waals surface area contributed by atoms with E-state index in [0.717, 1.165) is 25.7 Å². The van der Waals surface area contributed by atoms with E-state index in [0.29, 0.717) is 0 Å².